The smallest absolute Gasteiger partial charge is 0.310 e. The summed E-state index contributed by atoms with van der Waals surface area (Å²) in [5, 5.41) is 12.2. The molecule has 0 aromatic carbocycles. The van der Waals surface area contributed by atoms with Crippen LogP contribution >= 0.6 is 11.3 Å². The van der Waals surface area contributed by atoms with Crippen molar-refractivity contribution in [2.24, 2.45) is 0 Å². The molecule has 1 aliphatic carbocycles. The normalized spacial score (nSPS) is 18.6. The van der Waals surface area contributed by atoms with Gasteiger partial charge in [0.1, 0.15) is 24.3 Å². The minimum Gasteiger partial charge on any atom is -0.494 e. The molecule has 1 saturated heterocycles. The van der Waals surface area contributed by atoms with E-state index in [0.717, 1.165) is 58.6 Å². The average molecular weight is 400 g/mol. The zero-order valence-electron chi connectivity index (χ0n) is 15.2. The molecule has 1 amide bonds. The maximum atomic E-state index is 13.0. The van der Waals surface area contributed by atoms with Gasteiger partial charge in [-0.1, -0.05) is 11.3 Å². The van der Waals surface area contributed by atoms with Crippen molar-refractivity contribution >= 4 is 34.1 Å². The van der Waals surface area contributed by atoms with Gasteiger partial charge < -0.3 is 19.9 Å². The van der Waals surface area contributed by atoms with Gasteiger partial charge in [0.15, 0.2) is 0 Å². The van der Waals surface area contributed by atoms with Crippen molar-refractivity contribution in [3.05, 3.63) is 33.6 Å². The van der Waals surface area contributed by atoms with Gasteiger partial charge in [0, 0.05) is 25.8 Å². The molecule has 2 fully saturated rings. The second kappa shape index (κ2) is 6.33. The molecule has 3 aromatic heterocycles. The lowest BCUT2D eigenvalue weighted by atomic mass is 10.2. The van der Waals surface area contributed by atoms with E-state index in [4.69, 9.17) is 0 Å². The molecular formula is C18H20N6O3S. The number of nitrogens with zero attached hydrogens (tertiary/aromatic N) is 5. The first-order valence-electron chi connectivity index (χ1n) is 9.28. The van der Waals surface area contributed by atoms with Crippen LogP contribution < -0.4 is 9.77 Å². The van der Waals surface area contributed by atoms with Crippen LogP contribution in [0.2, 0.25) is 0 Å². The van der Waals surface area contributed by atoms with Crippen molar-refractivity contribution in [2.45, 2.75) is 31.3 Å². The Labute approximate surface area is 164 Å². The molecule has 0 atom stereocenters. The van der Waals surface area contributed by atoms with Crippen LogP contribution in [-0.4, -0.2) is 60.6 Å². The van der Waals surface area contributed by atoms with E-state index in [-0.39, 0.29) is 28.7 Å². The van der Waals surface area contributed by atoms with Crippen LogP contribution in [0.3, 0.4) is 0 Å². The number of carbonyl (C=O) groups is 1. The maximum Gasteiger partial charge on any atom is 0.310 e. The molecule has 1 aliphatic heterocycles. The largest absolute Gasteiger partial charge is 0.494 e. The van der Waals surface area contributed by atoms with E-state index >= 15 is 0 Å². The van der Waals surface area contributed by atoms with Crippen LogP contribution in [0.5, 0.6) is 5.88 Å². The first kappa shape index (κ1) is 17.2. The number of amides is 1. The number of carbonyl (C=O) groups excluding carboxylic acids is 1. The van der Waals surface area contributed by atoms with E-state index in [1.165, 1.54) is 5.38 Å². The highest BCUT2D eigenvalue weighted by Crippen LogP contribution is 2.45. The topological polar surface area (TPSA) is 107 Å². The van der Waals surface area contributed by atoms with Crippen molar-refractivity contribution in [3.63, 3.8) is 0 Å². The molecule has 5 rings (SSSR count). The molecule has 9 nitrogen and oxygen atoms in total. The van der Waals surface area contributed by atoms with E-state index in [1.54, 1.807) is 6.33 Å². The Balaban J connectivity index is 1.41. The molecule has 0 radical (unpaired) electrons. The molecule has 3 aromatic rings. The SMILES string of the molecule is O=C(Cn1c(O)csc1=O)N1CCCN(c2ncnc3[nH]ccc23)CC12CC2. The van der Waals surface area contributed by atoms with Gasteiger partial charge in [-0.15, -0.1) is 0 Å². The summed E-state index contributed by atoms with van der Waals surface area (Å²) in [6.07, 6.45) is 6.10. The monoisotopic (exact) mass is 400 g/mol. The molecule has 10 heteroatoms. The summed E-state index contributed by atoms with van der Waals surface area (Å²) in [7, 11) is 0. The zero-order valence-corrected chi connectivity index (χ0v) is 16.0. The third kappa shape index (κ3) is 2.75. The lowest BCUT2D eigenvalue weighted by Gasteiger charge is -2.32. The van der Waals surface area contributed by atoms with Gasteiger partial charge in [-0.3, -0.25) is 14.2 Å². The Morgan fingerprint density at radius 3 is 2.93 bits per heavy atom. The molecule has 2 N–H and O–H groups in total. The van der Waals surface area contributed by atoms with E-state index in [0.29, 0.717) is 13.1 Å². The van der Waals surface area contributed by atoms with Crippen molar-refractivity contribution in [1.29, 1.82) is 0 Å². The highest BCUT2D eigenvalue weighted by molar-refractivity contribution is 7.07. The predicted molar refractivity (Wildman–Crippen MR) is 105 cm³/mol. The van der Waals surface area contributed by atoms with Crippen LogP contribution in [0.4, 0.5) is 5.82 Å². The Hall–Kier alpha value is -2.88. The van der Waals surface area contributed by atoms with Crippen molar-refractivity contribution in [2.75, 3.05) is 24.5 Å². The summed E-state index contributed by atoms with van der Waals surface area (Å²) in [4.78, 5) is 40.6. The van der Waals surface area contributed by atoms with Gasteiger partial charge in [0.05, 0.1) is 16.3 Å². The Morgan fingerprint density at radius 1 is 1.32 bits per heavy atom. The van der Waals surface area contributed by atoms with Gasteiger partial charge >= 0.3 is 4.87 Å². The second-order valence-electron chi connectivity index (χ2n) is 7.43. The number of aromatic nitrogens is 4. The van der Waals surface area contributed by atoms with Gasteiger partial charge in [-0.25, -0.2) is 9.97 Å². The standard InChI is InChI=1S/C18H20N6O3S/c25-13(8-23-14(26)9-28-17(23)27)24-7-1-6-22(10-18(24)3-4-18)16-12-2-5-19-15(12)20-11-21-16/h2,5,9,11,26H,1,3-4,6-8,10H2,(H,19,20,21). The van der Waals surface area contributed by atoms with Gasteiger partial charge in [0.2, 0.25) is 11.8 Å². The van der Waals surface area contributed by atoms with Gasteiger partial charge in [-0.2, -0.15) is 0 Å². The third-order valence-electron chi connectivity index (χ3n) is 5.68. The second-order valence-corrected chi connectivity index (χ2v) is 8.25. The summed E-state index contributed by atoms with van der Waals surface area (Å²) in [5.41, 5.74) is 0.579. The molecule has 2 aliphatic rings. The molecular weight excluding hydrogens is 380 g/mol. The Bertz CT molecular complexity index is 1100. The summed E-state index contributed by atoms with van der Waals surface area (Å²) < 4.78 is 1.14. The number of fused-ring (bicyclic) bond motifs is 1. The summed E-state index contributed by atoms with van der Waals surface area (Å²) in [5.74, 6) is 0.614. The maximum absolute atomic E-state index is 13.0. The molecule has 1 spiro atoms. The molecule has 0 bridgehead atoms. The summed E-state index contributed by atoms with van der Waals surface area (Å²) in [6, 6.07) is 1.98. The fourth-order valence-corrected chi connectivity index (χ4v) is 4.74. The van der Waals surface area contributed by atoms with E-state index in [9.17, 15) is 14.7 Å². The van der Waals surface area contributed by atoms with E-state index in [2.05, 4.69) is 19.9 Å². The minimum atomic E-state index is -0.317. The van der Waals surface area contributed by atoms with Crippen LogP contribution in [0.25, 0.3) is 11.0 Å². The zero-order chi connectivity index (χ0) is 19.3. The number of hydrogen-bond acceptors (Lipinski definition) is 7. The van der Waals surface area contributed by atoms with Gasteiger partial charge in [-0.05, 0) is 25.3 Å². The number of nitrogens with one attached hydrogen (secondary N) is 1. The number of rotatable bonds is 3. The highest BCUT2D eigenvalue weighted by Gasteiger charge is 2.52. The minimum absolute atomic E-state index is 0.120. The summed E-state index contributed by atoms with van der Waals surface area (Å²) >= 11 is 0.900. The average Bonchev–Trinajstić information content (AvgIpc) is 3.25. The van der Waals surface area contributed by atoms with E-state index in [1.807, 2.05) is 17.2 Å². The van der Waals surface area contributed by atoms with E-state index < -0.39 is 0 Å². The van der Waals surface area contributed by atoms with Crippen molar-refractivity contribution in [1.82, 2.24) is 24.4 Å². The summed E-state index contributed by atoms with van der Waals surface area (Å²) in [6.45, 7) is 2.02. The van der Waals surface area contributed by atoms with Crippen LogP contribution in [0, 0.1) is 0 Å². The fourth-order valence-electron chi connectivity index (χ4n) is 4.12. The number of hydrogen-bond donors (Lipinski definition) is 2. The quantitative estimate of drug-likeness (QED) is 0.683. The third-order valence-corrected chi connectivity index (χ3v) is 6.43. The fraction of sp³-hybridized carbons (Fsp3) is 0.444. The number of anilines is 1. The molecule has 28 heavy (non-hydrogen) atoms. The molecule has 146 valence electrons. The first-order chi connectivity index (χ1) is 13.6. The van der Waals surface area contributed by atoms with Gasteiger partial charge in [0.25, 0.3) is 0 Å². The number of aromatic amines is 1. The predicted octanol–water partition coefficient (Wildman–Crippen LogP) is 1.16. The number of aromatic hydroxyl groups is 1. The Kier molecular flexibility index (Phi) is 3.90. The lowest BCUT2D eigenvalue weighted by Crippen LogP contribution is -2.48. The van der Waals surface area contributed by atoms with Crippen LogP contribution in [0.15, 0.2) is 28.8 Å². The van der Waals surface area contributed by atoms with Crippen LogP contribution in [0.1, 0.15) is 19.3 Å². The highest BCUT2D eigenvalue weighted by atomic mass is 32.1. The van der Waals surface area contributed by atoms with Crippen molar-refractivity contribution in [3.8, 4) is 5.88 Å². The molecule has 4 heterocycles. The number of thiazole rings is 1. The lowest BCUT2D eigenvalue weighted by molar-refractivity contribution is -0.134. The first-order valence-corrected chi connectivity index (χ1v) is 10.2. The molecule has 0 unspecified atom stereocenters. The number of H-pyrrole nitrogens is 1. The Morgan fingerprint density at radius 2 is 2.18 bits per heavy atom. The molecule has 1 saturated carbocycles. The van der Waals surface area contributed by atoms with Crippen molar-refractivity contribution < 1.29 is 9.90 Å². The van der Waals surface area contributed by atoms with Crippen LogP contribution in [-0.2, 0) is 11.3 Å².